The van der Waals surface area contributed by atoms with Gasteiger partial charge in [-0.25, -0.2) is 0 Å². The van der Waals surface area contributed by atoms with Crippen molar-refractivity contribution in [1.29, 1.82) is 0 Å². The van der Waals surface area contributed by atoms with Crippen LogP contribution in [0.15, 0.2) is 24.3 Å². The zero-order valence-corrected chi connectivity index (χ0v) is 8.41. The predicted octanol–water partition coefficient (Wildman–Crippen LogP) is 2.85. The lowest BCUT2D eigenvalue weighted by Crippen LogP contribution is -2.12. The lowest BCUT2D eigenvalue weighted by Gasteiger charge is -2.11. The minimum absolute atomic E-state index is 0.00112. The van der Waals surface area contributed by atoms with E-state index in [1.807, 2.05) is 19.1 Å². The van der Waals surface area contributed by atoms with Gasteiger partial charge in [0.05, 0.1) is 6.04 Å². The summed E-state index contributed by atoms with van der Waals surface area (Å²) in [6, 6.07) is 8.30. The fourth-order valence-corrected chi connectivity index (χ4v) is 1.24. The molecule has 0 fully saturated rings. The molecular weight excluding hydrogens is 162 g/mol. The molecule has 0 saturated heterocycles. The first kappa shape index (κ1) is 10.2. The SMILES string of the molecule is CC(C)c1ccc(C(C)NO)cc1. The van der Waals surface area contributed by atoms with Crippen molar-refractivity contribution in [3.05, 3.63) is 35.4 Å². The number of nitrogens with one attached hydrogen (secondary N) is 1. The largest absolute Gasteiger partial charge is 0.316 e. The Labute approximate surface area is 79.6 Å². The van der Waals surface area contributed by atoms with Gasteiger partial charge in [-0.1, -0.05) is 38.1 Å². The molecule has 0 aliphatic heterocycles. The summed E-state index contributed by atoms with van der Waals surface area (Å²) < 4.78 is 0. The fraction of sp³-hybridized carbons (Fsp3) is 0.455. The monoisotopic (exact) mass is 179 g/mol. The van der Waals surface area contributed by atoms with Crippen molar-refractivity contribution in [2.24, 2.45) is 0 Å². The van der Waals surface area contributed by atoms with Crippen LogP contribution in [0, 0.1) is 0 Å². The molecule has 2 N–H and O–H groups in total. The van der Waals surface area contributed by atoms with Crippen molar-refractivity contribution in [3.63, 3.8) is 0 Å². The Morgan fingerprint density at radius 1 is 1.00 bits per heavy atom. The normalized spacial score (nSPS) is 13.3. The van der Waals surface area contributed by atoms with Crippen LogP contribution in [0.5, 0.6) is 0 Å². The van der Waals surface area contributed by atoms with Gasteiger partial charge in [-0.05, 0) is 24.0 Å². The van der Waals surface area contributed by atoms with E-state index < -0.39 is 0 Å². The van der Waals surface area contributed by atoms with E-state index in [0.29, 0.717) is 5.92 Å². The van der Waals surface area contributed by atoms with Gasteiger partial charge in [0.15, 0.2) is 0 Å². The molecule has 1 atom stereocenters. The topological polar surface area (TPSA) is 32.3 Å². The molecule has 1 unspecified atom stereocenters. The van der Waals surface area contributed by atoms with Crippen LogP contribution in [-0.4, -0.2) is 5.21 Å². The van der Waals surface area contributed by atoms with Gasteiger partial charge in [0.25, 0.3) is 0 Å². The summed E-state index contributed by atoms with van der Waals surface area (Å²) >= 11 is 0. The van der Waals surface area contributed by atoms with Gasteiger partial charge in [0.1, 0.15) is 0 Å². The van der Waals surface area contributed by atoms with E-state index >= 15 is 0 Å². The second kappa shape index (κ2) is 4.40. The van der Waals surface area contributed by atoms with E-state index in [0.717, 1.165) is 5.56 Å². The molecule has 1 aromatic rings. The zero-order valence-electron chi connectivity index (χ0n) is 8.41. The molecule has 2 nitrogen and oxygen atoms in total. The van der Waals surface area contributed by atoms with Crippen LogP contribution in [-0.2, 0) is 0 Å². The molecule has 0 bridgehead atoms. The van der Waals surface area contributed by atoms with Crippen LogP contribution in [0.1, 0.15) is 43.9 Å². The average Bonchev–Trinajstić information content (AvgIpc) is 2.17. The molecule has 0 aliphatic carbocycles. The van der Waals surface area contributed by atoms with Crippen LogP contribution in [0.2, 0.25) is 0 Å². The van der Waals surface area contributed by atoms with E-state index in [9.17, 15) is 0 Å². The smallest absolute Gasteiger partial charge is 0.0540 e. The highest BCUT2D eigenvalue weighted by Gasteiger charge is 2.03. The van der Waals surface area contributed by atoms with E-state index in [1.165, 1.54) is 5.56 Å². The molecule has 2 heteroatoms. The molecule has 0 aliphatic rings. The van der Waals surface area contributed by atoms with Crippen molar-refractivity contribution < 1.29 is 5.21 Å². The minimum Gasteiger partial charge on any atom is -0.316 e. The Morgan fingerprint density at radius 3 is 1.85 bits per heavy atom. The Bertz CT molecular complexity index is 253. The quantitative estimate of drug-likeness (QED) is 0.699. The maximum Gasteiger partial charge on any atom is 0.0540 e. The number of hydroxylamine groups is 1. The average molecular weight is 179 g/mol. The summed E-state index contributed by atoms with van der Waals surface area (Å²) in [5.74, 6) is 0.562. The summed E-state index contributed by atoms with van der Waals surface area (Å²) in [5, 5.41) is 8.72. The van der Waals surface area contributed by atoms with Crippen LogP contribution in [0.3, 0.4) is 0 Å². The van der Waals surface area contributed by atoms with Crippen LogP contribution in [0.4, 0.5) is 0 Å². The Hall–Kier alpha value is -0.860. The summed E-state index contributed by atoms with van der Waals surface area (Å²) in [6.07, 6.45) is 0. The van der Waals surface area contributed by atoms with Gasteiger partial charge < -0.3 is 5.21 Å². The van der Waals surface area contributed by atoms with Crippen molar-refractivity contribution in [3.8, 4) is 0 Å². The van der Waals surface area contributed by atoms with Crippen molar-refractivity contribution in [2.75, 3.05) is 0 Å². The maximum absolute atomic E-state index is 8.72. The molecule has 0 aromatic heterocycles. The van der Waals surface area contributed by atoms with E-state index in [-0.39, 0.29) is 6.04 Å². The Balaban J connectivity index is 2.81. The lowest BCUT2D eigenvalue weighted by atomic mass is 10.00. The van der Waals surface area contributed by atoms with Crippen LogP contribution in [0.25, 0.3) is 0 Å². The molecular formula is C11H17NO. The molecule has 0 saturated carbocycles. The number of hydrogen-bond acceptors (Lipinski definition) is 2. The summed E-state index contributed by atoms with van der Waals surface area (Å²) in [7, 11) is 0. The first-order valence-corrected chi connectivity index (χ1v) is 4.64. The molecule has 1 aromatic carbocycles. The molecule has 1 rings (SSSR count). The predicted molar refractivity (Wildman–Crippen MR) is 53.9 cm³/mol. The number of benzene rings is 1. The Morgan fingerprint density at radius 2 is 1.46 bits per heavy atom. The van der Waals surface area contributed by atoms with E-state index in [4.69, 9.17) is 5.21 Å². The van der Waals surface area contributed by atoms with Gasteiger partial charge in [0.2, 0.25) is 0 Å². The van der Waals surface area contributed by atoms with Gasteiger partial charge in [-0.2, -0.15) is 5.48 Å². The van der Waals surface area contributed by atoms with Gasteiger partial charge in [0, 0.05) is 0 Å². The first-order valence-electron chi connectivity index (χ1n) is 4.64. The Kier molecular flexibility index (Phi) is 3.46. The van der Waals surface area contributed by atoms with Crippen LogP contribution < -0.4 is 5.48 Å². The molecule has 0 radical (unpaired) electrons. The van der Waals surface area contributed by atoms with E-state index in [1.54, 1.807) is 0 Å². The van der Waals surface area contributed by atoms with Crippen molar-refractivity contribution >= 4 is 0 Å². The second-order valence-electron chi connectivity index (χ2n) is 3.67. The first-order chi connectivity index (χ1) is 6.15. The third-order valence-electron chi connectivity index (χ3n) is 2.30. The molecule has 0 spiro atoms. The third-order valence-corrected chi connectivity index (χ3v) is 2.30. The zero-order chi connectivity index (χ0) is 9.84. The number of rotatable bonds is 3. The third kappa shape index (κ3) is 2.54. The fourth-order valence-electron chi connectivity index (χ4n) is 1.24. The van der Waals surface area contributed by atoms with E-state index in [2.05, 4.69) is 31.5 Å². The van der Waals surface area contributed by atoms with Crippen LogP contribution >= 0.6 is 0 Å². The maximum atomic E-state index is 8.72. The lowest BCUT2D eigenvalue weighted by molar-refractivity contribution is 0.133. The molecule has 0 heterocycles. The van der Waals surface area contributed by atoms with Gasteiger partial charge >= 0.3 is 0 Å². The molecule has 13 heavy (non-hydrogen) atoms. The highest BCUT2D eigenvalue weighted by Crippen LogP contribution is 2.17. The summed E-state index contributed by atoms with van der Waals surface area (Å²) in [4.78, 5) is 0. The summed E-state index contributed by atoms with van der Waals surface area (Å²) in [5.41, 5.74) is 4.66. The van der Waals surface area contributed by atoms with Gasteiger partial charge in [-0.15, -0.1) is 0 Å². The van der Waals surface area contributed by atoms with Crippen molar-refractivity contribution in [1.82, 2.24) is 5.48 Å². The highest BCUT2D eigenvalue weighted by atomic mass is 16.5. The molecule has 0 amide bonds. The minimum atomic E-state index is 0.00112. The number of hydrogen-bond donors (Lipinski definition) is 2. The standard InChI is InChI=1S/C11H17NO/c1-8(2)10-4-6-11(7-5-10)9(3)12-13/h4-9,12-13H,1-3H3. The molecule has 72 valence electrons. The van der Waals surface area contributed by atoms with Crippen molar-refractivity contribution in [2.45, 2.75) is 32.7 Å². The second-order valence-corrected chi connectivity index (χ2v) is 3.67. The highest BCUT2D eigenvalue weighted by molar-refractivity contribution is 5.26. The van der Waals surface area contributed by atoms with Gasteiger partial charge in [-0.3, -0.25) is 0 Å². The summed E-state index contributed by atoms with van der Waals surface area (Å²) in [6.45, 7) is 6.26.